The minimum atomic E-state index is 0.0752. The lowest BCUT2D eigenvalue weighted by Crippen LogP contribution is -2.21. The highest BCUT2D eigenvalue weighted by molar-refractivity contribution is 6.08. The van der Waals surface area contributed by atoms with Crippen molar-refractivity contribution in [2.45, 2.75) is 38.5 Å². The van der Waals surface area contributed by atoms with Crippen molar-refractivity contribution in [2.75, 3.05) is 26.2 Å². The topological polar surface area (TPSA) is 41.1 Å². The molecule has 140 valence electrons. The second kappa shape index (κ2) is 13.3. The standard InChI is InChI=1S/C13H10O.2C5H11N/c14-13(11-7-3-1-4-8-11)12-9-5-2-6-10-12;2*1-2-4-6-5-3-1/h1-10H;2*6H,1-5H2. The monoisotopic (exact) mass is 352 g/mol. The summed E-state index contributed by atoms with van der Waals surface area (Å²) in [6, 6.07) is 18.6. The zero-order valence-electron chi connectivity index (χ0n) is 15.8. The van der Waals surface area contributed by atoms with Crippen LogP contribution in [0.2, 0.25) is 0 Å². The van der Waals surface area contributed by atoms with Gasteiger partial charge >= 0.3 is 0 Å². The van der Waals surface area contributed by atoms with Crippen LogP contribution in [0.5, 0.6) is 0 Å². The molecule has 2 heterocycles. The third-order valence-corrected chi connectivity index (χ3v) is 4.49. The summed E-state index contributed by atoms with van der Waals surface area (Å²) >= 11 is 0. The Morgan fingerprint density at radius 2 is 0.885 bits per heavy atom. The van der Waals surface area contributed by atoms with Gasteiger partial charge in [0.15, 0.2) is 5.78 Å². The maximum absolute atomic E-state index is 11.8. The van der Waals surface area contributed by atoms with Crippen LogP contribution in [-0.4, -0.2) is 32.0 Å². The highest BCUT2D eigenvalue weighted by Crippen LogP contribution is 2.08. The Kier molecular flexibility index (Phi) is 10.4. The van der Waals surface area contributed by atoms with E-state index < -0.39 is 0 Å². The molecule has 2 aliphatic heterocycles. The number of hydrogen-bond acceptors (Lipinski definition) is 3. The molecule has 2 aliphatic rings. The zero-order valence-corrected chi connectivity index (χ0v) is 15.8. The number of hydrogen-bond donors (Lipinski definition) is 2. The minimum absolute atomic E-state index is 0.0752. The number of carbonyl (C=O) groups is 1. The SMILES string of the molecule is C1CCNCC1.C1CCNCC1.O=C(c1ccccc1)c1ccccc1. The first-order valence-corrected chi connectivity index (χ1v) is 9.94. The molecule has 3 heteroatoms. The number of ketones is 1. The summed E-state index contributed by atoms with van der Waals surface area (Å²) in [4.78, 5) is 11.8. The predicted molar refractivity (Wildman–Crippen MR) is 110 cm³/mol. The van der Waals surface area contributed by atoms with Crippen LogP contribution in [0.25, 0.3) is 0 Å². The molecule has 0 bridgehead atoms. The normalized spacial score (nSPS) is 16.3. The molecule has 0 amide bonds. The first-order chi connectivity index (χ1) is 12.9. The van der Waals surface area contributed by atoms with Crippen LogP contribution in [0.1, 0.15) is 54.4 Å². The van der Waals surface area contributed by atoms with E-state index in [2.05, 4.69) is 10.6 Å². The van der Waals surface area contributed by atoms with E-state index in [0.29, 0.717) is 0 Å². The van der Waals surface area contributed by atoms with E-state index in [4.69, 9.17) is 0 Å². The lowest BCUT2D eigenvalue weighted by Gasteiger charge is -2.08. The van der Waals surface area contributed by atoms with E-state index in [9.17, 15) is 4.79 Å². The van der Waals surface area contributed by atoms with Crippen molar-refractivity contribution in [3.8, 4) is 0 Å². The molecule has 2 aromatic carbocycles. The Morgan fingerprint density at radius 1 is 0.538 bits per heavy atom. The number of rotatable bonds is 2. The van der Waals surface area contributed by atoms with Crippen LogP contribution in [0, 0.1) is 0 Å². The van der Waals surface area contributed by atoms with Gasteiger partial charge in [-0.2, -0.15) is 0 Å². The van der Waals surface area contributed by atoms with Gasteiger partial charge in [0.2, 0.25) is 0 Å². The quantitative estimate of drug-likeness (QED) is 0.785. The Hall–Kier alpha value is -1.97. The van der Waals surface area contributed by atoms with E-state index in [1.807, 2.05) is 60.7 Å². The summed E-state index contributed by atoms with van der Waals surface area (Å²) in [5.74, 6) is 0.0752. The van der Waals surface area contributed by atoms with Crippen molar-refractivity contribution < 1.29 is 4.79 Å². The molecule has 0 saturated carbocycles. The number of benzene rings is 2. The average molecular weight is 353 g/mol. The van der Waals surface area contributed by atoms with Gasteiger partial charge in [-0.05, 0) is 51.9 Å². The fourth-order valence-electron chi connectivity index (χ4n) is 2.95. The molecule has 3 nitrogen and oxygen atoms in total. The summed E-state index contributed by atoms with van der Waals surface area (Å²) in [5, 5.41) is 6.57. The van der Waals surface area contributed by atoms with Gasteiger partial charge in [0, 0.05) is 11.1 Å². The molecule has 0 atom stereocenters. The van der Waals surface area contributed by atoms with E-state index in [1.165, 1.54) is 64.7 Å². The lowest BCUT2D eigenvalue weighted by atomic mass is 10.0. The fraction of sp³-hybridized carbons (Fsp3) is 0.435. The third-order valence-electron chi connectivity index (χ3n) is 4.49. The van der Waals surface area contributed by atoms with Gasteiger partial charge in [-0.3, -0.25) is 4.79 Å². The number of piperidine rings is 2. The van der Waals surface area contributed by atoms with Crippen molar-refractivity contribution in [3.05, 3.63) is 71.8 Å². The van der Waals surface area contributed by atoms with Crippen molar-refractivity contribution in [3.63, 3.8) is 0 Å². The highest BCUT2D eigenvalue weighted by Gasteiger charge is 2.06. The maximum Gasteiger partial charge on any atom is 0.193 e. The van der Waals surface area contributed by atoms with Gasteiger partial charge < -0.3 is 10.6 Å². The number of nitrogens with one attached hydrogen (secondary N) is 2. The molecule has 0 radical (unpaired) electrons. The molecule has 4 rings (SSSR count). The van der Waals surface area contributed by atoms with Gasteiger partial charge in [0.25, 0.3) is 0 Å². The number of carbonyl (C=O) groups excluding carboxylic acids is 1. The molecule has 2 fully saturated rings. The van der Waals surface area contributed by atoms with Crippen molar-refractivity contribution in [1.29, 1.82) is 0 Å². The third kappa shape index (κ3) is 8.41. The molecule has 26 heavy (non-hydrogen) atoms. The maximum atomic E-state index is 11.8. The molecule has 2 aromatic rings. The first kappa shape index (κ1) is 20.3. The Labute approximate surface area is 158 Å². The van der Waals surface area contributed by atoms with Crippen LogP contribution < -0.4 is 10.6 Å². The smallest absolute Gasteiger partial charge is 0.193 e. The molecule has 2 N–H and O–H groups in total. The van der Waals surface area contributed by atoms with Crippen molar-refractivity contribution in [1.82, 2.24) is 10.6 Å². The summed E-state index contributed by atoms with van der Waals surface area (Å²) in [6.07, 6.45) is 8.43. The van der Waals surface area contributed by atoms with Gasteiger partial charge in [-0.25, -0.2) is 0 Å². The molecule has 2 saturated heterocycles. The predicted octanol–water partition coefficient (Wildman–Crippen LogP) is 4.44. The summed E-state index contributed by atoms with van der Waals surface area (Å²) in [5.41, 5.74) is 1.47. The average Bonchev–Trinajstić information content (AvgIpc) is 2.78. The zero-order chi connectivity index (χ0) is 18.3. The molecule has 0 spiro atoms. The molecular formula is C23H32N2O. The Balaban J connectivity index is 0.000000166. The molecule has 0 unspecified atom stereocenters. The molecular weight excluding hydrogens is 320 g/mol. The Bertz CT molecular complexity index is 514. The van der Waals surface area contributed by atoms with E-state index in [0.717, 1.165) is 11.1 Å². The van der Waals surface area contributed by atoms with E-state index in [-0.39, 0.29) is 5.78 Å². The highest BCUT2D eigenvalue weighted by atomic mass is 16.1. The van der Waals surface area contributed by atoms with E-state index in [1.54, 1.807) is 0 Å². The van der Waals surface area contributed by atoms with Crippen LogP contribution in [0.3, 0.4) is 0 Å². The largest absolute Gasteiger partial charge is 0.317 e. The van der Waals surface area contributed by atoms with Crippen LogP contribution in [0.15, 0.2) is 60.7 Å². The van der Waals surface area contributed by atoms with Crippen molar-refractivity contribution in [2.24, 2.45) is 0 Å². The second-order valence-electron chi connectivity index (χ2n) is 6.68. The van der Waals surface area contributed by atoms with Crippen LogP contribution in [0.4, 0.5) is 0 Å². The van der Waals surface area contributed by atoms with Gasteiger partial charge in [-0.15, -0.1) is 0 Å². The van der Waals surface area contributed by atoms with Gasteiger partial charge in [-0.1, -0.05) is 73.5 Å². The van der Waals surface area contributed by atoms with E-state index >= 15 is 0 Å². The Morgan fingerprint density at radius 3 is 1.12 bits per heavy atom. The molecule has 0 aliphatic carbocycles. The second-order valence-corrected chi connectivity index (χ2v) is 6.68. The minimum Gasteiger partial charge on any atom is -0.317 e. The summed E-state index contributed by atoms with van der Waals surface area (Å²) in [6.45, 7) is 5.00. The first-order valence-electron chi connectivity index (χ1n) is 9.94. The van der Waals surface area contributed by atoms with Crippen LogP contribution in [-0.2, 0) is 0 Å². The lowest BCUT2D eigenvalue weighted by molar-refractivity contribution is 0.103. The summed E-state index contributed by atoms with van der Waals surface area (Å²) < 4.78 is 0. The van der Waals surface area contributed by atoms with Gasteiger partial charge in [0.1, 0.15) is 0 Å². The van der Waals surface area contributed by atoms with Gasteiger partial charge in [0.05, 0.1) is 0 Å². The molecule has 0 aromatic heterocycles. The van der Waals surface area contributed by atoms with Crippen LogP contribution >= 0.6 is 0 Å². The summed E-state index contributed by atoms with van der Waals surface area (Å²) in [7, 11) is 0. The van der Waals surface area contributed by atoms with Crippen molar-refractivity contribution >= 4 is 5.78 Å². The fourth-order valence-corrected chi connectivity index (χ4v) is 2.95.